The van der Waals surface area contributed by atoms with Crippen LogP contribution in [-0.4, -0.2) is 13.9 Å². The van der Waals surface area contributed by atoms with E-state index in [1.807, 2.05) is 48.5 Å². The zero-order chi connectivity index (χ0) is 13.1. The molecule has 0 aromatic heterocycles. The lowest BCUT2D eigenvalue weighted by Crippen LogP contribution is -1.92. The topological polar surface area (TPSA) is 27.7 Å². The minimum absolute atomic E-state index is 0.307. The van der Waals surface area contributed by atoms with E-state index in [0.717, 1.165) is 28.4 Å². The van der Waals surface area contributed by atoms with Crippen molar-refractivity contribution >= 4 is 12.2 Å². The van der Waals surface area contributed by atoms with Crippen LogP contribution in [0.3, 0.4) is 0 Å². The van der Waals surface area contributed by atoms with Gasteiger partial charge >= 0.3 is 0 Å². The fourth-order valence-corrected chi connectivity index (χ4v) is 1.92. The van der Waals surface area contributed by atoms with Gasteiger partial charge < -0.3 is 14.2 Å². The minimum atomic E-state index is 0.307. The van der Waals surface area contributed by atoms with E-state index in [0.29, 0.717) is 6.79 Å². The summed E-state index contributed by atoms with van der Waals surface area (Å²) in [5, 5.41) is 0. The molecule has 0 aliphatic carbocycles. The maximum Gasteiger partial charge on any atom is 0.231 e. The first-order valence-corrected chi connectivity index (χ1v) is 6.07. The normalized spacial score (nSPS) is 12.9. The third-order valence-electron chi connectivity index (χ3n) is 2.98. The first-order chi connectivity index (χ1) is 9.35. The van der Waals surface area contributed by atoms with Crippen LogP contribution in [-0.2, 0) is 0 Å². The Kier molecular flexibility index (Phi) is 3.11. The van der Waals surface area contributed by atoms with E-state index in [2.05, 4.69) is 6.08 Å². The number of methoxy groups -OCH3 is 1. The van der Waals surface area contributed by atoms with Crippen LogP contribution in [0, 0.1) is 0 Å². The number of hydrogen-bond acceptors (Lipinski definition) is 3. The zero-order valence-corrected chi connectivity index (χ0v) is 10.6. The Morgan fingerprint density at radius 2 is 1.58 bits per heavy atom. The lowest BCUT2D eigenvalue weighted by Gasteiger charge is -2.00. The smallest absolute Gasteiger partial charge is 0.231 e. The quantitative estimate of drug-likeness (QED) is 0.783. The Morgan fingerprint density at radius 1 is 0.895 bits per heavy atom. The third kappa shape index (κ3) is 2.55. The monoisotopic (exact) mass is 254 g/mol. The minimum Gasteiger partial charge on any atom is -0.497 e. The third-order valence-corrected chi connectivity index (χ3v) is 2.98. The van der Waals surface area contributed by atoms with Crippen LogP contribution in [0.25, 0.3) is 12.2 Å². The van der Waals surface area contributed by atoms with E-state index in [1.165, 1.54) is 0 Å². The number of benzene rings is 2. The molecule has 0 amide bonds. The van der Waals surface area contributed by atoms with Gasteiger partial charge in [0.05, 0.1) is 7.11 Å². The molecule has 19 heavy (non-hydrogen) atoms. The second-order valence-corrected chi connectivity index (χ2v) is 4.22. The van der Waals surface area contributed by atoms with E-state index in [1.54, 1.807) is 7.11 Å². The van der Waals surface area contributed by atoms with Crippen molar-refractivity contribution in [3.63, 3.8) is 0 Å². The van der Waals surface area contributed by atoms with Gasteiger partial charge in [-0.15, -0.1) is 0 Å². The number of rotatable bonds is 3. The summed E-state index contributed by atoms with van der Waals surface area (Å²) < 4.78 is 15.8. The summed E-state index contributed by atoms with van der Waals surface area (Å²) in [6.45, 7) is 0.307. The summed E-state index contributed by atoms with van der Waals surface area (Å²) in [6, 6.07) is 13.8. The van der Waals surface area contributed by atoms with Gasteiger partial charge in [-0.05, 0) is 35.4 Å². The average Bonchev–Trinajstić information content (AvgIpc) is 2.93. The first kappa shape index (κ1) is 11.7. The molecular weight excluding hydrogens is 240 g/mol. The predicted molar refractivity (Wildman–Crippen MR) is 74.5 cm³/mol. The van der Waals surface area contributed by atoms with Gasteiger partial charge in [0.25, 0.3) is 0 Å². The molecule has 3 nitrogen and oxygen atoms in total. The average molecular weight is 254 g/mol. The molecular formula is C16H14O3. The highest BCUT2D eigenvalue weighted by Crippen LogP contribution is 2.32. The van der Waals surface area contributed by atoms with Crippen LogP contribution in [0.5, 0.6) is 17.2 Å². The Balaban J connectivity index is 1.78. The summed E-state index contributed by atoms with van der Waals surface area (Å²) in [7, 11) is 1.66. The Hall–Kier alpha value is -2.42. The van der Waals surface area contributed by atoms with Gasteiger partial charge in [-0.1, -0.05) is 30.4 Å². The molecule has 1 heterocycles. The van der Waals surface area contributed by atoms with Crippen molar-refractivity contribution in [1.29, 1.82) is 0 Å². The Morgan fingerprint density at radius 3 is 2.37 bits per heavy atom. The largest absolute Gasteiger partial charge is 0.497 e. The molecule has 96 valence electrons. The molecule has 0 atom stereocenters. The summed E-state index contributed by atoms with van der Waals surface area (Å²) >= 11 is 0. The molecule has 1 aliphatic heterocycles. The second-order valence-electron chi connectivity index (χ2n) is 4.22. The first-order valence-electron chi connectivity index (χ1n) is 6.07. The summed E-state index contributed by atoms with van der Waals surface area (Å²) in [6.07, 6.45) is 4.10. The summed E-state index contributed by atoms with van der Waals surface area (Å²) in [5.41, 5.74) is 2.21. The van der Waals surface area contributed by atoms with Crippen LogP contribution in [0.15, 0.2) is 42.5 Å². The Labute approximate surface area is 112 Å². The van der Waals surface area contributed by atoms with Gasteiger partial charge in [0.1, 0.15) is 5.75 Å². The molecule has 2 aromatic carbocycles. The number of fused-ring (bicyclic) bond motifs is 1. The molecule has 0 bridgehead atoms. The SMILES string of the molecule is COc1ccc(C=Cc2ccc3c(c2)OCO3)cc1. The molecule has 3 heteroatoms. The summed E-state index contributed by atoms with van der Waals surface area (Å²) in [4.78, 5) is 0. The van der Waals surface area contributed by atoms with Crippen molar-refractivity contribution in [3.05, 3.63) is 53.6 Å². The van der Waals surface area contributed by atoms with Gasteiger partial charge in [0, 0.05) is 0 Å². The summed E-state index contributed by atoms with van der Waals surface area (Å²) in [5.74, 6) is 2.47. The number of hydrogen-bond donors (Lipinski definition) is 0. The van der Waals surface area contributed by atoms with Crippen LogP contribution in [0.2, 0.25) is 0 Å². The van der Waals surface area contributed by atoms with Crippen LogP contribution in [0.4, 0.5) is 0 Å². The molecule has 0 saturated heterocycles. The highest BCUT2D eigenvalue weighted by molar-refractivity contribution is 5.71. The van der Waals surface area contributed by atoms with Gasteiger partial charge in [0.2, 0.25) is 6.79 Å². The lowest BCUT2D eigenvalue weighted by molar-refractivity contribution is 0.174. The zero-order valence-electron chi connectivity index (χ0n) is 10.6. The molecule has 2 aromatic rings. The molecule has 0 unspecified atom stereocenters. The molecule has 1 aliphatic rings. The molecule has 0 N–H and O–H groups in total. The fraction of sp³-hybridized carbons (Fsp3) is 0.125. The predicted octanol–water partition coefficient (Wildman–Crippen LogP) is 3.59. The second kappa shape index (κ2) is 5.06. The van der Waals surface area contributed by atoms with Gasteiger partial charge in [-0.25, -0.2) is 0 Å². The maximum atomic E-state index is 5.35. The van der Waals surface area contributed by atoms with E-state index in [-0.39, 0.29) is 0 Å². The highest BCUT2D eigenvalue weighted by atomic mass is 16.7. The molecule has 0 fully saturated rings. The standard InChI is InChI=1S/C16H14O3/c1-17-14-7-4-12(5-8-14)2-3-13-6-9-15-16(10-13)19-11-18-15/h2-10H,11H2,1H3. The van der Waals surface area contributed by atoms with Crippen molar-refractivity contribution in [3.8, 4) is 17.2 Å². The molecule has 0 saturated carbocycles. The number of ether oxygens (including phenoxy) is 3. The lowest BCUT2D eigenvalue weighted by atomic mass is 10.1. The molecule has 0 spiro atoms. The van der Waals surface area contributed by atoms with Crippen molar-refractivity contribution in [2.75, 3.05) is 13.9 Å². The van der Waals surface area contributed by atoms with Crippen molar-refractivity contribution < 1.29 is 14.2 Å². The Bertz CT molecular complexity index is 600. The van der Waals surface area contributed by atoms with Crippen molar-refractivity contribution in [2.24, 2.45) is 0 Å². The van der Waals surface area contributed by atoms with Crippen LogP contribution in [0.1, 0.15) is 11.1 Å². The van der Waals surface area contributed by atoms with Crippen LogP contribution < -0.4 is 14.2 Å². The van der Waals surface area contributed by atoms with Crippen LogP contribution >= 0.6 is 0 Å². The molecule has 0 radical (unpaired) electrons. The van der Waals surface area contributed by atoms with E-state index in [4.69, 9.17) is 14.2 Å². The van der Waals surface area contributed by atoms with E-state index >= 15 is 0 Å². The van der Waals surface area contributed by atoms with Gasteiger partial charge in [0.15, 0.2) is 11.5 Å². The van der Waals surface area contributed by atoms with Crippen molar-refractivity contribution in [2.45, 2.75) is 0 Å². The maximum absolute atomic E-state index is 5.35. The highest BCUT2D eigenvalue weighted by Gasteiger charge is 2.11. The van der Waals surface area contributed by atoms with E-state index in [9.17, 15) is 0 Å². The van der Waals surface area contributed by atoms with Gasteiger partial charge in [-0.2, -0.15) is 0 Å². The molecule has 3 rings (SSSR count). The fourth-order valence-electron chi connectivity index (χ4n) is 1.92. The van der Waals surface area contributed by atoms with Crippen molar-refractivity contribution in [1.82, 2.24) is 0 Å². The van der Waals surface area contributed by atoms with E-state index < -0.39 is 0 Å². The van der Waals surface area contributed by atoms with Gasteiger partial charge in [-0.3, -0.25) is 0 Å².